The maximum Gasteiger partial charge on any atom is 0.0795 e. The molecule has 1 aliphatic rings. The van der Waals surface area contributed by atoms with Gasteiger partial charge in [0.2, 0.25) is 0 Å². The average Bonchev–Trinajstić information content (AvgIpc) is 2.42. The van der Waals surface area contributed by atoms with Crippen LogP contribution in [0.3, 0.4) is 0 Å². The minimum atomic E-state index is 1.02. The number of fused-ring (bicyclic) bond motifs is 1. The normalized spacial score (nSPS) is 13.9. The molecular weight excluding hydrogens is 192 g/mol. The molecule has 14 heavy (non-hydrogen) atoms. The number of hydrazone groups is 1. The Kier molecular flexibility index (Phi) is 2.89. The van der Waals surface area contributed by atoms with Crippen LogP contribution in [0.1, 0.15) is 12.5 Å². The highest BCUT2D eigenvalue weighted by Crippen LogP contribution is 2.28. The van der Waals surface area contributed by atoms with Crippen molar-refractivity contribution in [1.29, 1.82) is 0 Å². The lowest BCUT2D eigenvalue weighted by molar-refractivity contribution is 1.21. The first-order valence-electron chi connectivity index (χ1n) is 4.64. The van der Waals surface area contributed by atoms with Crippen LogP contribution in [0.5, 0.6) is 0 Å². The van der Waals surface area contributed by atoms with Crippen LogP contribution in [0, 0.1) is 0 Å². The third-order valence-corrected chi connectivity index (χ3v) is 2.72. The predicted molar refractivity (Wildman–Crippen MR) is 64.6 cm³/mol. The fourth-order valence-corrected chi connectivity index (χ4v) is 2.01. The molecule has 1 aromatic rings. The van der Waals surface area contributed by atoms with Crippen molar-refractivity contribution in [3.8, 4) is 0 Å². The maximum absolute atomic E-state index is 4.34. The number of hydrogen-bond acceptors (Lipinski definition) is 3. The van der Waals surface area contributed by atoms with Crippen LogP contribution >= 0.6 is 11.9 Å². The van der Waals surface area contributed by atoms with Crippen LogP contribution in [0.2, 0.25) is 0 Å². The summed E-state index contributed by atoms with van der Waals surface area (Å²) in [4.78, 5) is 0. The van der Waals surface area contributed by atoms with Gasteiger partial charge >= 0.3 is 0 Å². The molecule has 72 valence electrons. The number of nitrogens with zero attached hydrogens (tertiary/aromatic N) is 2. The van der Waals surface area contributed by atoms with E-state index < -0.39 is 0 Å². The van der Waals surface area contributed by atoms with E-state index in [0.29, 0.717) is 0 Å². The van der Waals surface area contributed by atoms with E-state index in [4.69, 9.17) is 0 Å². The van der Waals surface area contributed by atoms with Crippen LogP contribution in [-0.2, 0) is 0 Å². The van der Waals surface area contributed by atoms with Crippen LogP contribution in [0.4, 0.5) is 5.69 Å². The second-order valence-electron chi connectivity index (χ2n) is 2.87. The first-order valence-corrected chi connectivity index (χ1v) is 5.59. The molecule has 0 atom stereocenters. The molecule has 0 saturated carbocycles. The summed E-state index contributed by atoms with van der Waals surface area (Å²) in [6.07, 6.45) is 5.87. The predicted octanol–water partition coefficient (Wildman–Crippen LogP) is 3.17. The van der Waals surface area contributed by atoms with Gasteiger partial charge in [-0.1, -0.05) is 31.2 Å². The van der Waals surface area contributed by atoms with E-state index >= 15 is 0 Å². The summed E-state index contributed by atoms with van der Waals surface area (Å²) in [5, 5.41) is 4.34. The molecule has 0 aromatic heterocycles. The van der Waals surface area contributed by atoms with Gasteiger partial charge < -0.3 is 0 Å². The summed E-state index contributed by atoms with van der Waals surface area (Å²) in [6.45, 7) is 2.13. The summed E-state index contributed by atoms with van der Waals surface area (Å²) >= 11 is 1.70. The number of para-hydroxylation sites is 1. The van der Waals surface area contributed by atoms with E-state index in [-0.39, 0.29) is 0 Å². The number of benzene rings is 1. The highest BCUT2D eigenvalue weighted by molar-refractivity contribution is 8.00. The zero-order chi connectivity index (χ0) is 9.80. The fourth-order valence-electron chi connectivity index (χ4n) is 1.34. The Morgan fingerprint density at radius 1 is 1.36 bits per heavy atom. The van der Waals surface area contributed by atoms with Crippen molar-refractivity contribution < 1.29 is 0 Å². The highest BCUT2D eigenvalue weighted by atomic mass is 32.2. The van der Waals surface area contributed by atoms with Crippen molar-refractivity contribution in [2.24, 2.45) is 5.10 Å². The summed E-state index contributed by atoms with van der Waals surface area (Å²) in [6, 6.07) is 8.27. The van der Waals surface area contributed by atoms with Gasteiger partial charge in [0.05, 0.1) is 5.69 Å². The van der Waals surface area contributed by atoms with Gasteiger partial charge in [0.15, 0.2) is 0 Å². The molecule has 0 saturated heterocycles. The molecule has 0 radical (unpaired) electrons. The summed E-state index contributed by atoms with van der Waals surface area (Å²) in [7, 11) is 0. The topological polar surface area (TPSA) is 15.6 Å². The number of hydrogen-bond donors (Lipinski definition) is 0. The summed E-state index contributed by atoms with van der Waals surface area (Å²) in [5.74, 6) is 1.02. The van der Waals surface area contributed by atoms with Crippen molar-refractivity contribution in [1.82, 2.24) is 0 Å². The Morgan fingerprint density at radius 3 is 3.07 bits per heavy atom. The molecule has 1 aliphatic heterocycles. The average molecular weight is 204 g/mol. The smallest absolute Gasteiger partial charge is 0.0795 e. The minimum Gasteiger partial charge on any atom is -0.206 e. The van der Waals surface area contributed by atoms with Gasteiger partial charge in [-0.3, -0.25) is 0 Å². The standard InChI is InChI=1S/C11H12N2S/c1-2-14-13-11-8-4-3-6-10(11)7-5-9-12-13/h3-9H,2H2,1H3. The zero-order valence-electron chi connectivity index (χ0n) is 8.05. The second kappa shape index (κ2) is 4.33. The fraction of sp³-hybridized carbons (Fsp3) is 0.182. The molecule has 0 unspecified atom stereocenters. The largest absolute Gasteiger partial charge is 0.206 e. The first-order chi connectivity index (χ1) is 6.92. The molecule has 1 heterocycles. The SMILES string of the molecule is CCSN1N=CC=Cc2ccccc21. The van der Waals surface area contributed by atoms with Crippen LogP contribution in [-0.4, -0.2) is 12.0 Å². The molecule has 0 bridgehead atoms. The van der Waals surface area contributed by atoms with E-state index in [2.05, 4.69) is 30.2 Å². The van der Waals surface area contributed by atoms with E-state index in [9.17, 15) is 0 Å². The number of anilines is 1. The van der Waals surface area contributed by atoms with Gasteiger partial charge in [0.1, 0.15) is 0 Å². The van der Waals surface area contributed by atoms with Crippen molar-refractivity contribution in [3.05, 3.63) is 35.9 Å². The lowest BCUT2D eigenvalue weighted by Gasteiger charge is -2.17. The summed E-state index contributed by atoms with van der Waals surface area (Å²) in [5.41, 5.74) is 2.37. The third-order valence-electron chi connectivity index (χ3n) is 1.93. The Morgan fingerprint density at radius 2 is 2.21 bits per heavy atom. The highest BCUT2D eigenvalue weighted by Gasteiger charge is 2.08. The van der Waals surface area contributed by atoms with Gasteiger partial charge in [0, 0.05) is 17.5 Å². The van der Waals surface area contributed by atoms with Gasteiger partial charge in [-0.15, -0.1) is 0 Å². The lowest BCUT2D eigenvalue weighted by Crippen LogP contribution is -2.06. The Bertz CT molecular complexity index is 371. The molecule has 0 amide bonds. The first kappa shape index (κ1) is 9.34. The molecule has 0 N–H and O–H groups in total. The second-order valence-corrected chi connectivity index (χ2v) is 4.05. The Labute approximate surface area is 88.4 Å². The lowest BCUT2D eigenvalue weighted by atomic mass is 10.2. The molecule has 3 heteroatoms. The van der Waals surface area contributed by atoms with Gasteiger partial charge in [-0.25, -0.2) is 4.41 Å². The van der Waals surface area contributed by atoms with Gasteiger partial charge in [-0.2, -0.15) is 5.10 Å². The van der Waals surface area contributed by atoms with E-state index in [0.717, 1.165) is 11.4 Å². The molecule has 0 aliphatic carbocycles. The van der Waals surface area contributed by atoms with Gasteiger partial charge in [0.25, 0.3) is 0 Å². The molecule has 2 rings (SSSR count). The number of rotatable bonds is 2. The third kappa shape index (κ3) is 1.82. The quantitative estimate of drug-likeness (QED) is 0.688. The summed E-state index contributed by atoms with van der Waals surface area (Å²) < 4.78 is 1.97. The van der Waals surface area contributed by atoms with E-state index in [1.54, 1.807) is 11.9 Å². The van der Waals surface area contributed by atoms with Crippen molar-refractivity contribution in [3.63, 3.8) is 0 Å². The Hall–Kier alpha value is -1.22. The molecule has 0 spiro atoms. The zero-order valence-corrected chi connectivity index (χ0v) is 8.87. The van der Waals surface area contributed by atoms with Crippen molar-refractivity contribution in [2.75, 3.05) is 10.2 Å². The molecule has 0 fully saturated rings. The molecule has 2 nitrogen and oxygen atoms in total. The van der Waals surface area contributed by atoms with Crippen LogP contribution < -0.4 is 4.41 Å². The maximum atomic E-state index is 4.34. The van der Waals surface area contributed by atoms with Crippen molar-refractivity contribution >= 4 is 29.9 Å². The number of allylic oxidation sites excluding steroid dienone is 1. The monoisotopic (exact) mass is 204 g/mol. The van der Waals surface area contributed by atoms with Crippen LogP contribution in [0.25, 0.3) is 6.08 Å². The molecular formula is C11H12N2S. The van der Waals surface area contributed by atoms with Crippen molar-refractivity contribution in [2.45, 2.75) is 6.92 Å². The Balaban J connectivity index is 2.39. The minimum absolute atomic E-state index is 1.02. The van der Waals surface area contributed by atoms with Crippen LogP contribution in [0.15, 0.2) is 35.4 Å². The molecule has 1 aromatic carbocycles. The van der Waals surface area contributed by atoms with E-state index in [1.165, 1.54) is 5.56 Å². The van der Waals surface area contributed by atoms with E-state index in [1.807, 2.05) is 28.8 Å². The van der Waals surface area contributed by atoms with Gasteiger partial charge in [-0.05, 0) is 24.1 Å².